The minimum atomic E-state index is -3.53. The van der Waals surface area contributed by atoms with Crippen molar-refractivity contribution in [2.75, 3.05) is 7.05 Å². The molecule has 2 aromatic rings. The molecule has 1 heterocycles. The summed E-state index contributed by atoms with van der Waals surface area (Å²) >= 11 is 0. The Morgan fingerprint density at radius 2 is 1.81 bits per heavy atom. The number of nitrogens with one attached hydrogen (secondary N) is 2. The van der Waals surface area contributed by atoms with Gasteiger partial charge in [-0.05, 0) is 37.7 Å². The molecular formula is C14H18N4O2S. The number of aryl methyl sites for hydroxylation is 1. The van der Waals surface area contributed by atoms with E-state index in [1.807, 2.05) is 7.05 Å². The summed E-state index contributed by atoms with van der Waals surface area (Å²) in [5.74, 6) is 0.614. The Morgan fingerprint density at radius 3 is 2.43 bits per heavy atom. The van der Waals surface area contributed by atoms with E-state index in [1.54, 1.807) is 43.5 Å². The molecule has 2 N–H and O–H groups in total. The highest BCUT2D eigenvalue weighted by Gasteiger charge is 2.13. The SMILES string of the molecule is CNCc1ccc(S(=O)(=O)NCc2ccnc(C)n2)cc1. The van der Waals surface area contributed by atoms with Gasteiger partial charge in [0.05, 0.1) is 17.1 Å². The first-order chi connectivity index (χ1) is 10.0. The zero-order valence-corrected chi connectivity index (χ0v) is 12.8. The van der Waals surface area contributed by atoms with E-state index in [-0.39, 0.29) is 11.4 Å². The zero-order valence-electron chi connectivity index (χ0n) is 12.0. The molecule has 0 bridgehead atoms. The van der Waals surface area contributed by atoms with Crippen LogP contribution in [0.5, 0.6) is 0 Å². The fraction of sp³-hybridized carbons (Fsp3) is 0.286. The van der Waals surface area contributed by atoms with Crippen LogP contribution in [0.4, 0.5) is 0 Å². The van der Waals surface area contributed by atoms with Gasteiger partial charge in [0.25, 0.3) is 0 Å². The van der Waals surface area contributed by atoms with E-state index in [4.69, 9.17) is 0 Å². The lowest BCUT2D eigenvalue weighted by Gasteiger charge is -2.07. The number of benzene rings is 1. The molecule has 0 amide bonds. The number of aromatic nitrogens is 2. The van der Waals surface area contributed by atoms with E-state index in [0.29, 0.717) is 18.1 Å². The van der Waals surface area contributed by atoms with Crippen molar-refractivity contribution in [3.05, 3.63) is 53.6 Å². The van der Waals surface area contributed by atoms with Crippen LogP contribution in [0, 0.1) is 6.92 Å². The zero-order chi connectivity index (χ0) is 15.3. The standard InChI is InChI=1S/C14H18N4O2S/c1-11-16-8-7-13(18-11)10-17-21(19,20)14-5-3-12(4-6-14)9-15-2/h3-8,15,17H,9-10H2,1-2H3. The topological polar surface area (TPSA) is 84.0 Å². The summed E-state index contributed by atoms with van der Waals surface area (Å²) in [5.41, 5.74) is 1.67. The van der Waals surface area contributed by atoms with Gasteiger partial charge in [-0.25, -0.2) is 23.1 Å². The molecule has 1 aromatic heterocycles. The maximum Gasteiger partial charge on any atom is 0.240 e. The highest BCUT2D eigenvalue weighted by Crippen LogP contribution is 2.11. The highest BCUT2D eigenvalue weighted by molar-refractivity contribution is 7.89. The van der Waals surface area contributed by atoms with Crippen molar-refractivity contribution in [1.29, 1.82) is 0 Å². The Balaban J connectivity index is 2.07. The van der Waals surface area contributed by atoms with Crippen molar-refractivity contribution in [3.63, 3.8) is 0 Å². The normalized spacial score (nSPS) is 11.5. The molecule has 0 saturated carbocycles. The van der Waals surface area contributed by atoms with E-state index >= 15 is 0 Å². The third-order valence-electron chi connectivity index (χ3n) is 2.89. The summed E-state index contributed by atoms with van der Waals surface area (Å²) in [6, 6.07) is 8.46. The summed E-state index contributed by atoms with van der Waals surface area (Å²) in [6.45, 7) is 2.61. The lowest BCUT2D eigenvalue weighted by atomic mass is 10.2. The second-order valence-corrected chi connectivity index (χ2v) is 6.36. The van der Waals surface area contributed by atoms with Crippen LogP contribution >= 0.6 is 0 Å². The molecule has 112 valence electrons. The average molecular weight is 306 g/mol. The molecule has 0 unspecified atom stereocenters. The third-order valence-corrected chi connectivity index (χ3v) is 4.31. The van der Waals surface area contributed by atoms with Crippen molar-refractivity contribution < 1.29 is 8.42 Å². The van der Waals surface area contributed by atoms with Crippen LogP contribution in [0.1, 0.15) is 17.1 Å². The lowest BCUT2D eigenvalue weighted by molar-refractivity contribution is 0.580. The van der Waals surface area contributed by atoms with Crippen LogP contribution in [-0.2, 0) is 23.1 Å². The van der Waals surface area contributed by atoms with Crippen LogP contribution in [0.25, 0.3) is 0 Å². The summed E-state index contributed by atoms with van der Waals surface area (Å²) in [7, 11) is -1.69. The van der Waals surface area contributed by atoms with Gasteiger partial charge in [-0.3, -0.25) is 0 Å². The van der Waals surface area contributed by atoms with E-state index < -0.39 is 10.0 Å². The van der Waals surface area contributed by atoms with Crippen LogP contribution in [0.15, 0.2) is 41.4 Å². The third kappa shape index (κ3) is 4.32. The van der Waals surface area contributed by atoms with Gasteiger partial charge < -0.3 is 5.32 Å². The van der Waals surface area contributed by atoms with Gasteiger partial charge in [-0.1, -0.05) is 12.1 Å². The fourth-order valence-corrected chi connectivity index (χ4v) is 2.85. The largest absolute Gasteiger partial charge is 0.316 e. The quantitative estimate of drug-likeness (QED) is 0.831. The van der Waals surface area contributed by atoms with Crippen LogP contribution in [-0.4, -0.2) is 25.4 Å². The fourth-order valence-electron chi connectivity index (χ4n) is 1.85. The molecule has 6 nitrogen and oxygen atoms in total. The van der Waals surface area contributed by atoms with E-state index in [2.05, 4.69) is 20.0 Å². The van der Waals surface area contributed by atoms with Crippen molar-refractivity contribution in [3.8, 4) is 0 Å². The van der Waals surface area contributed by atoms with E-state index in [1.165, 1.54) is 0 Å². The lowest BCUT2D eigenvalue weighted by Crippen LogP contribution is -2.24. The smallest absolute Gasteiger partial charge is 0.240 e. The van der Waals surface area contributed by atoms with Crippen molar-refractivity contribution in [1.82, 2.24) is 20.0 Å². The first-order valence-electron chi connectivity index (χ1n) is 6.53. The Morgan fingerprint density at radius 1 is 1.10 bits per heavy atom. The first-order valence-corrected chi connectivity index (χ1v) is 8.01. The Bertz CT molecular complexity index is 699. The predicted octanol–water partition coefficient (Wildman–Crippen LogP) is 0.983. The summed E-state index contributed by atoms with van der Waals surface area (Å²) in [5, 5.41) is 3.01. The molecule has 0 aliphatic carbocycles. The molecule has 1 aromatic carbocycles. The number of hydrogen-bond donors (Lipinski definition) is 2. The molecule has 7 heteroatoms. The Kier molecular flexibility index (Phi) is 5.00. The van der Waals surface area contributed by atoms with Gasteiger partial charge in [0, 0.05) is 12.7 Å². The summed E-state index contributed by atoms with van der Waals surface area (Å²) < 4.78 is 26.9. The maximum absolute atomic E-state index is 12.2. The predicted molar refractivity (Wildman–Crippen MR) is 80.0 cm³/mol. The minimum Gasteiger partial charge on any atom is -0.316 e. The van der Waals surface area contributed by atoms with Gasteiger partial charge >= 0.3 is 0 Å². The molecule has 2 rings (SSSR count). The van der Waals surface area contributed by atoms with Gasteiger partial charge in [-0.15, -0.1) is 0 Å². The number of hydrogen-bond acceptors (Lipinski definition) is 5. The molecule has 0 saturated heterocycles. The van der Waals surface area contributed by atoms with Gasteiger partial charge in [-0.2, -0.15) is 0 Å². The minimum absolute atomic E-state index is 0.143. The average Bonchev–Trinajstić information content (AvgIpc) is 2.46. The molecule has 21 heavy (non-hydrogen) atoms. The number of rotatable bonds is 6. The molecule has 0 aliphatic heterocycles. The number of sulfonamides is 1. The summed E-state index contributed by atoms with van der Waals surface area (Å²) in [6.07, 6.45) is 1.61. The second kappa shape index (κ2) is 6.75. The first kappa shape index (κ1) is 15.6. The maximum atomic E-state index is 12.2. The van der Waals surface area contributed by atoms with Crippen LogP contribution in [0.2, 0.25) is 0 Å². The van der Waals surface area contributed by atoms with Crippen LogP contribution < -0.4 is 10.0 Å². The van der Waals surface area contributed by atoms with E-state index in [0.717, 1.165) is 5.56 Å². The second-order valence-electron chi connectivity index (χ2n) is 4.59. The van der Waals surface area contributed by atoms with Gasteiger partial charge in [0.15, 0.2) is 0 Å². The van der Waals surface area contributed by atoms with Crippen LogP contribution in [0.3, 0.4) is 0 Å². The number of nitrogens with zero attached hydrogens (tertiary/aromatic N) is 2. The molecule has 0 atom stereocenters. The molecular weight excluding hydrogens is 288 g/mol. The molecule has 0 aliphatic rings. The Hall–Kier alpha value is -1.83. The van der Waals surface area contributed by atoms with E-state index in [9.17, 15) is 8.42 Å². The molecule has 0 radical (unpaired) electrons. The van der Waals surface area contributed by atoms with Crippen molar-refractivity contribution >= 4 is 10.0 Å². The van der Waals surface area contributed by atoms with Crippen molar-refractivity contribution in [2.45, 2.75) is 24.9 Å². The molecule has 0 fully saturated rings. The van der Waals surface area contributed by atoms with Gasteiger partial charge in [0.2, 0.25) is 10.0 Å². The molecule has 0 spiro atoms. The summed E-state index contributed by atoms with van der Waals surface area (Å²) in [4.78, 5) is 8.38. The monoisotopic (exact) mass is 306 g/mol. The van der Waals surface area contributed by atoms with Gasteiger partial charge in [0.1, 0.15) is 5.82 Å². The highest BCUT2D eigenvalue weighted by atomic mass is 32.2. The van der Waals surface area contributed by atoms with Crippen molar-refractivity contribution in [2.24, 2.45) is 0 Å². The Labute approximate surface area is 124 Å².